The summed E-state index contributed by atoms with van der Waals surface area (Å²) in [6.07, 6.45) is 7.51. The van der Waals surface area contributed by atoms with Gasteiger partial charge in [-0.05, 0) is 40.2 Å². The molecule has 0 aliphatic rings. The summed E-state index contributed by atoms with van der Waals surface area (Å²) in [6.45, 7) is 8.99. The van der Waals surface area contributed by atoms with Crippen LogP contribution >= 0.6 is 0 Å². The Labute approximate surface area is 184 Å². The number of nitrogens with zero attached hydrogens (tertiary/aromatic N) is 1. The summed E-state index contributed by atoms with van der Waals surface area (Å²) in [4.78, 5) is 38.9. The van der Waals surface area contributed by atoms with Gasteiger partial charge in [-0.1, -0.05) is 44.4 Å². The number of phenols is 1. The first kappa shape index (κ1) is 25.8. The van der Waals surface area contributed by atoms with Gasteiger partial charge in [-0.15, -0.1) is 0 Å². The van der Waals surface area contributed by atoms with Crippen molar-refractivity contribution in [3.63, 3.8) is 0 Å². The summed E-state index contributed by atoms with van der Waals surface area (Å²) in [6, 6.07) is 6.08. The maximum absolute atomic E-state index is 13.0. The van der Waals surface area contributed by atoms with E-state index in [1.807, 2.05) is 6.92 Å². The smallest absolute Gasteiger partial charge is 0.408 e. The van der Waals surface area contributed by atoms with Crippen LogP contribution in [0.15, 0.2) is 24.3 Å². The molecule has 8 heteroatoms. The number of carbonyl (C=O) groups is 3. The summed E-state index contributed by atoms with van der Waals surface area (Å²) < 4.78 is 5.17. The van der Waals surface area contributed by atoms with Crippen molar-refractivity contribution in [2.45, 2.75) is 71.6 Å². The molecule has 2 atom stereocenters. The average molecular weight is 432 g/mol. The minimum absolute atomic E-state index is 0.169. The molecule has 0 aromatic heterocycles. The van der Waals surface area contributed by atoms with Gasteiger partial charge in [0.25, 0.3) is 5.91 Å². The first-order valence-electron chi connectivity index (χ1n) is 10.4. The molecule has 31 heavy (non-hydrogen) atoms. The topological polar surface area (TPSA) is 108 Å². The number of carbonyl (C=O) groups excluding carboxylic acids is 3. The second-order valence-electron chi connectivity index (χ2n) is 8.16. The summed E-state index contributed by atoms with van der Waals surface area (Å²) >= 11 is 0. The van der Waals surface area contributed by atoms with Gasteiger partial charge >= 0.3 is 6.09 Å². The number of aromatic hydroxyl groups is 1. The Morgan fingerprint density at radius 2 is 1.87 bits per heavy atom. The summed E-state index contributed by atoms with van der Waals surface area (Å²) in [5.41, 5.74) is -0.554. The molecule has 2 unspecified atom stereocenters. The zero-order valence-electron chi connectivity index (χ0n) is 18.9. The van der Waals surface area contributed by atoms with Crippen LogP contribution in [-0.4, -0.2) is 46.1 Å². The van der Waals surface area contributed by atoms with Gasteiger partial charge in [-0.25, -0.2) is 4.79 Å². The Hall–Kier alpha value is -3.21. The summed E-state index contributed by atoms with van der Waals surface area (Å²) in [7, 11) is 0. The Bertz CT molecular complexity index is 810. The van der Waals surface area contributed by atoms with E-state index in [0.717, 1.165) is 24.2 Å². The largest absolute Gasteiger partial charge is 0.508 e. The summed E-state index contributed by atoms with van der Waals surface area (Å²) in [5, 5.41) is 15.5. The molecule has 0 heterocycles. The number of rotatable bonds is 9. The maximum Gasteiger partial charge on any atom is 0.408 e. The van der Waals surface area contributed by atoms with Crippen molar-refractivity contribution < 1.29 is 24.2 Å². The van der Waals surface area contributed by atoms with Gasteiger partial charge in [0, 0.05) is 18.2 Å². The number of terminal acetylenes is 1. The van der Waals surface area contributed by atoms with E-state index in [-0.39, 0.29) is 11.3 Å². The molecular formula is C23H33N3O5. The zero-order chi connectivity index (χ0) is 23.6. The Balaban J connectivity index is 3.12. The van der Waals surface area contributed by atoms with Crippen LogP contribution in [0.25, 0.3) is 0 Å². The van der Waals surface area contributed by atoms with Crippen molar-refractivity contribution in [2.75, 3.05) is 6.54 Å². The van der Waals surface area contributed by atoms with Gasteiger partial charge in [0.05, 0.1) is 0 Å². The fraction of sp³-hybridized carbons (Fsp3) is 0.522. The van der Waals surface area contributed by atoms with Crippen LogP contribution in [-0.2, 0) is 14.3 Å². The third-order valence-corrected chi connectivity index (χ3v) is 4.30. The molecule has 0 aliphatic carbocycles. The van der Waals surface area contributed by atoms with Crippen LogP contribution in [0, 0.1) is 12.5 Å². The zero-order valence-corrected chi connectivity index (χ0v) is 18.9. The number of nitrogens with one attached hydrogen (secondary N) is 2. The highest BCUT2D eigenvalue weighted by atomic mass is 16.6. The highest BCUT2D eigenvalue weighted by molar-refractivity contribution is 5.93. The van der Waals surface area contributed by atoms with Crippen molar-refractivity contribution in [1.82, 2.24) is 15.5 Å². The lowest BCUT2D eigenvalue weighted by Crippen LogP contribution is -2.50. The number of alkyl carbamates (subject to hydrolysis) is 1. The number of hydrogen-bond acceptors (Lipinski definition) is 5. The molecule has 1 rings (SSSR count). The third kappa shape index (κ3) is 8.21. The standard InChI is InChI=1S/C23H33N3O5/c1-7-9-12-15-24-20(28)19(17-13-10-11-14-18(17)27)26(8-2)21(29)16(3)25-22(30)31-23(4,5)6/h2,10-11,13-14,16,19,27H,7,9,12,15H2,1,3-6H3,(H,24,28)(H,25,30). The minimum Gasteiger partial charge on any atom is -0.508 e. The van der Waals surface area contributed by atoms with Crippen molar-refractivity contribution >= 4 is 17.9 Å². The number of para-hydroxylation sites is 1. The van der Waals surface area contributed by atoms with E-state index < -0.39 is 35.6 Å². The molecular weight excluding hydrogens is 398 g/mol. The van der Waals surface area contributed by atoms with Crippen molar-refractivity contribution in [1.29, 1.82) is 0 Å². The lowest BCUT2D eigenvalue weighted by atomic mass is 10.0. The summed E-state index contributed by atoms with van der Waals surface area (Å²) in [5.74, 6) is -1.38. The number of hydrogen-bond donors (Lipinski definition) is 3. The van der Waals surface area contributed by atoms with Crippen LogP contribution in [0.4, 0.5) is 4.79 Å². The van der Waals surface area contributed by atoms with Crippen molar-refractivity contribution in [2.24, 2.45) is 0 Å². The predicted octanol–water partition coefficient (Wildman–Crippen LogP) is 3.07. The lowest BCUT2D eigenvalue weighted by Gasteiger charge is -2.29. The van der Waals surface area contributed by atoms with Gasteiger partial charge in [-0.2, -0.15) is 0 Å². The molecule has 0 aliphatic heterocycles. The quantitative estimate of drug-likeness (QED) is 0.316. The minimum atomic E-state index is -1.26. The molecule has 3 N–H and O–H groups in total. The molecule has 1 aromatic rings. The van der Waals surface area contributed by atoms with E-state index in [4.69, 9.17) is 11.2 Å². The van der Waals surface area contributed by atoms with Crippen LogP contribution < -0.4 is 10.6 Å². The average Bonchev–Trinajstić information content (AvgIpc) is 2.68. The highest BCUT2D eigenvalue weighted by Crippen LogP contribution is 2.29. The Kier molecular flexibility index (Phi) is 9.87. The lowest BCUT2D eigenvalue weighted by molar-refractivity contribution is -0.138. The second-order valence-corrected chi connectivity index (χ2v) is 8.16. The number of ether oxygens (including phenoxy) is 1. The van der Waals surface area contributed by atoms with Crippen molar-refractivity contribution in [3.05, 3.63) is 29.8 Å². The molecule has 3 amide bonds. The molecule has 0 saturated heterocycles. The monoisotopic (exact) mass is 431 g/mol. The van der Waals surface area contributed by atoms with E-state index in [1.54, 1.807) is 32.9 Å². The Morgan fingerprint density at radius 1 is 1.23 bits per heavy atom. The number of phenolic OH excluding ortho intramolecular Hbond substituents is 1. The van der Waals surface area contributed by atoms with Crippen LogP contribution in [0.5, 0.6) is 5.75 Å². The predicted molar refractivity (Wildman–Crippen MR) is 118 cm³/mol. The number of benzene rings is 1. The fourth-order valence-electron chi connectivity index (χ4n) is 2.82. The maximum atomic E-state index is 13.0. The highest BCUT2D eigenvalue weighted by Gasteiger charge is 2.35. The first-order chi connectivity index (χ1) is 14.5. The first-order valence-corrected chi connectivity index (χ1v) is 10.4. The molecule has 0 radical (unpaired) electrons. The van der Waals surface area contributed by atoms with Gasteiger partial charge in [0.15, 0.2) is 6.04 Å². The normalized spacial score (nSPS) is 12.8. The van der Waals surface area contributed by atoms with E-state index in [0.29, 0.717) is 6.54 Å². The molecule has 0 saturated carbocycles. The molecule has 0 spiro atoms. The SMILES string of the molecule is C#CN(C(=O)C(C)NC(=O)OC(C)(C)C)C(C(=O)NCCCCC)c1ccccc1O. The van der Waals surface area contributed by atoms with E-state index >= 15 is 0 Å². The van der Waals surface area contributed by atoms with Gasteiger partial charge in [0.2, 0.25) is 5.91 Å². The molecule has 0 bridgehead atoms. The molecule has 0 fully saturated rings. The van der Waals surface area contributed by atoms with E-state index in [1.165, 1.54) is 19.1 Å². The third-order valence-electron chi connectivity index (χ3n) is 4.30. The van der Waals surface area contributed by atoms with E-state index in [2.05, 4.69) is 16.7 Å². The molecule has 170 valence electrons. The van der Waals surface area contributed by atoms with E-state index in [9.17, 15) is 19.5 Å². The van der Waals surface area contributed by atoms with Crippen LogP contribution in [0.2, 0.25) is 0 Å². The fourth-order valence-corrected chi connectivity index (χ4v) is 2.82. The second kappa shape index (κ2) is 11.8. The van der Waals surface area contributed by atoms with Crippen LogP contribution in [0.3, 0.4) is 0 Å². The van der Waals surface area contributed by atoms with Crippen LogP contribution in [0.1, 0.15) is 65.5 Å². The molecule has 1 aromatic carbocycles. The van der Waals surface area contributed by atoms with Gasteiger partial charge in [-0.3, -0.25) is 14.5 Å². The Morgan fingerprint density at radius 3 is 2.42 bits per heavy atom. The number of amides is 3. The molecule has 8 nitrogen and oxygen atoms in total. The number of unbranched alkanes of at least 4 members (excludes halogenated alkanes) is 2. The van der Waals surface area contributed by atoms with Gasteiger partial charge < -0.3 is 20.5 Å². The van der Waals surface area contributed by atoms with Gasteiger partial charge in [0.1, 0.15) is 17.4 Å². The van der Waals surface area contributed by atoms with Crippen molar-refractivity contribution in [3.8, 4) is 18.2 Å².